The Morgan fingerprint density at radius 1 is 0.882 bits per heavy atom. The largest absolute Gasteiger partial charge is 0.384 e. The highest BCUT2D eigenvalue weighted by Gasteiger charge is 2.11. The van der Waals surface area contributed by atoms with Gasteiger partial charge in [-0.1, -0.05) is 59.1 Å². The van der Waals surface area contributed by atoms with E-state index in [-0.39, 0.29) is 0 Å². The maximum Gasteiger partial charge on any atom is 0.104 e. The molecule has 1 nitrogen and oxygen atoms in total. The van der Waals surface area contributed by atoms with Crippen LogP contribution < -0.4 is 0 Å². The monoisotopic (exact) mass is 266 g/mol. The first-order valence-corrected chi connectivity index (χ1v) is 6.03. The van der Waals surface area contributed by atoms with Crippen LogP contribution in [-0.2, 0) is 0 Å². The minimum atomic E-state index is -0.676. The summed E-state index contributed by atoms with van der Waals surface area (Å²) >= 11 is 11.8. The van der Waals surface area contributed by atoms with Crippen LogP contribution >= 0.6 is 23.2 Å². The van der Waals surface area contributed by atoms with Gasteiger partial charge in [-0.05, 0) is 30.2 Å². The van der Waals surface area contributed by atoms with Gasteiger partial charge in [0.05, 0.1) is 10.0 Å². The van der Waals surface area contributed by atoms with E-state index in [0.717, 1.165) is 16.7 Å². The molecule has 0 bridgehead atoms. The molecule has 17 heavy (non-hydrogen) atoms. The van der Waals surface area contributed by atoms with Crippen molar-refractivity contribution in [2.45, 2.75) is 13.0 Å². The molecule has 0 aliphatic carbocycles. The lowest BCUT2D eigenvalue weighted by Crippen LogP contribution is -1.99. The molecule has 0 heterocycles. The summed E-state index contributed by atoms with van der Waals surface area (Å²) in [5.41, 5.74) is 2.74. The number of aryl methyl sites for hydroxylation is 1. The second-order valence-corrected chi connectivity index (χ2v) is 4.80. The second kappa shape index (κ2) is 5.09. The van der Waals surface area contributed by atoms with Crippen LogP contribution in [0, 0.1) is 6.92 Å². The quantitative estimate of drug-likeness (QED) is 0.855. The molecular formula is C14H12Cl2O. The van der Waals surface area contributed by atoms with Gasteiger partial charge in [0.25, 0.3) is 0 Å². The van der Waals surface area contributed by atoms with Gasteiger partial charge in [0.1, 0.15) is 6.10 Å². The molecule has 0 amide bonds. The van der Waals surface area contributed by atoms with Crippen LogP contribution in [0.1, 0.15) is 22.8 Å². The van der Waals surface area contributed by atoms with Crippen molar-refractivity contribution in [1.29, 1.82) is 0 Å². The van der Waals surface area contributed by atoms with Gasteiger partial charge in [-0.3, -0.25) is 0 Å². The summed E-state index contributed by atoms with van der Waals surface area (Å²) < 4.78 is 0. The molecule has 2 aromatic rings. The molecule has 0 saturated carbocycles. The lowest BCUT2D eigenvalue weighted by atomic mass is 10.0. The number of hydrogen-bond acceptors (Lipinski definition) is 1. The van der Waals surface area contributed by atoms with E-state index in [1.807, 2.05) is 31.2 Å². The maximum atomic E-state index is 10.2. The minimum absolute atomic E-state index is 0.454. The van der Waals surface area contributed by atoms with Gasteiger partial charge in [-0.25, -0.2) is 0 Å². The summed E-state index contributed by atoms with van der Waals surface area (Å²) in [5, 5.41) is 11.1. The Balaban J connectivity index is 2.33. The van der Waals surface area contributed by atoms with E-state index in [4.69, 9.17) is 23.2 Å². The number of benzene rings is 2. The summed E-state index contributed by atoms with van der Waals surface area (Å²) in [7, 11) is 0. The minimum Gasteiger partial charge on any atom is -0.384 e. The molecule has 2 rings (SSSR count). The maximum absolute atomic E-state index is 10.2. The van der Waals surface area contributed by atoms with E-state index in [9.17, 15) is 5.11 Å². The van der Waals surface area contributed by atoms with Crippen molar-refractivity contribution in [3.05, 3.63) is 69.2 Å². The Bertz CT molecular complexity index is 520. The summed E-state index contributed by atoms with van der Waals surface area (Å²) in [4.78, 5) is 0. The molecule has 0 unspecified atom stereocenters. The van der Waals surface area contributed by atoms with Crippen LogP contribution in [0.15, 0.2) is 42.5 Å². The van der Waals surface area contributed by atoms with Gasteiger partial charge in [0, 0.05) is 0 Å². The van der Waals surface area contributed by atoms with Gasteiger partial charge in [0.2, 0.25) is 0 Å². The number of rotatable bonds is 2. The average Bonchev–Trinajstić information content (AvgIpc) is 2.33. The third-order valence-electron chi connectivity index (χ3n) is 2.65. The zero-order valence-electron chi connectivity index (χ0n) is 9.32. The number of hydrogen-bond donors (Lipinski definition) is 1. The van der Waals surface area contributed by atoms with Crippen molar-refractivity contribution >= 4 is 23.2 Å². The summed E-state index contributed by atoms with van der Waals surface area (Å²) in [6, 6.07) is 12.9. The highest BCUT2D eigenvalue weighted by atomic mass is 35.5. The normalized spacial score (nSPS) is 12.5. The van der Waals surface area contributed by atoms with E-state index in [2.05, 4.69) is 0 Å². The molecule has 0 saturated heterocycles. The molecule has 3 heteroatoms. The van der Waals surface area contributed by atoms with Gasteiger partial charge >= 0.3 is 0 Å². The third kappa shape index (κ3) is 2.81. The standard InChI is InChI=1S/C14H12Cl2O/c1-9-2-4-10(5-3-9)14(17)11-6-7-12(15)13(16)8-11/h2-8,14,17H,1H3/t14-/m1/s1. The topological polar surface area (TPSA) is 20.2 Å². The predicted molar refractivity (Wildman–Crippen MR) is 71.7 cm³/mol. The van der Waals surface area contributed by atoms with E-state index in [1.165, 1.54) is 0 Å². The number of aliphatic hydroxyl groups is 1. The van der Waals surface area contributed by atoms with Crippen LogP contribution in [0.4, 0.5) is 0 Å². The lowest BCUT2D eigenvalue weighted by Gasteiger charge is -2.12. The first kappa shape index (κ1) is 12.4. The first-order valence-electron chi connectivity index (χ1n) is 5.27. The second-order valence-electron chi connectivity index (χ2n) is 3.99. The van der Waals surface area contributed by atoms with Crippen LogP contribution in [0.2, 0.25) is 10.0 Å². The first-order chi connectivity index (χ1) is 8.08. The zero-order valence-corrected chi connectivity index (χ0v) is 10.8. The Labute approximate surface area is 111 Å². The molecule has 0 aliphatic heterocycles. The van der Waals surface area contributed by atoms with Crippen molar-refractivity contribution in [3.8, 4) is 0 Å². The van der Waals surface area contributed by atoms with Crippen LogP contribution in [0.5, 0.6) is 0 Å². The van der Waals surface area contributed by atoms with E-state index in [1.54, 1.807) is 18.2 Å². The van der Waals surface area contributed by atoms with E-state index < -0.39 is 6.10 Å². The van der Waals surface area contributed by atoms with Gasteiger partial charge < -0.3 is 5.11 Å². The van der Waals surface area contributed by atoms with Crippen molar-refractivity contribution < 1.29 is 5.11 Å². The van der Waals surface area contributed by atoms with Crippen molar-refractivity contribution in [2.24, 2.45) is 0 Å². The van der Waals surface area contributed by atoms with Crippen LogP contribution in [-0.4, -0.2) is 5.11 Å². The van der Waals surface area contributed by atoms with Crippen molar-refractivity contribution in [2.75, 3.05) is 0 Å². The Morgan fingerprint density at radius 3 is 2.06 bits per heavy atom. The Morgan fingerprint density at radius 2 is 1.47 bits per heavy atom. The molecule has 2 aromatic carbocycles. The SMILES string of the molecule is Cc1ccc([C@@H](O)c2ccc(Cl)c(Cl)c2)cc1. The molecule has 0 spiro atoms. The highest BCUT2D eigenvalue weighted by Crippen LogP contribution is 2.28. The Hall–Kier alpha value is -1.02. The molecule has 0 aliphatic rings. The summed E-state index contributed by atoms with van der Waals surface area (Å²) in [6.45, 7) is 2.01. The predicted octanol–water partition coefficient (Wildman–Crippen LogP) is 4.38. The van der Waals surface area contributed by atoms with Gasteiger partial charge in [-0.15, -0.1) is 0 Å². The highest BCUT2D eigenvalue weighted by molar-refractivity contribution is 6.42. The summed E-state index contributed by atoms with van der Waals surface area (Å²) in [6.07, 6.45) is -0.676. The van der Waals surface area contributed by atoms with Crippen LogP contribution in [0.3, 0.4) is 0 Å². The molecular weight excluding hydrogens is 255 g/mol. The Kier molecular flexibility index (Phi) is 3.72. The third-order valence-corrected chi connectivity index (χ3v) is 3.39. The molecule has 0 aromatic heterocycles. The fourth-order valence-corrected chi connectivity index (χ4v) is 1.93. The molecule has 1 N–H and O–H groups in total. The van der Waals surface area contributed by atoms with E-state index in [0.29, 0.717) is 10.0 Å². The number of halogens is 2. The zero-order chi connectivity index (χ0) is 12.4. The van der Waals surface area contributed by atoms with E-state index >= 15 is 0 Å². The molecule has 0 radical (unpaired) electrons. The van der Waals surface area contributed by atoms with Gasteiger partial charge in [-0.2, -0.15) is 0 Å². The fraction of sp³-hybridized carbons (Fsp3) is 0.143. The van der Waals surface area contributed by atoms with Crippen molar-refractivity contribution in [3.63, 3.8) is 0 Å². The van der Waals surface area contributed by atoms with Crippen LogP contribution in [0.25, 0.3) is 0 Å². The van der Waals surface area contributed by atoms with Crippen molar-refractivity contribution in [1.82, 2.24) is 0 Å². The summed E-state index contributed by atoms with van der Waals surface area (Å²) in [5.74, 6) is 0. The average molecular weight is 267 g/mol. The molecule has 1 atom stereocenters. The molecule has 88 valence electrons. The van der Waals surface area contributed by atoms with Gasteiger partial charge in [0.15, 0.2) is 0 Å². The number of aliphatic hydroxyl groups excluding tert-OH is 1. The molecule has 0 fully saturated rings. The lowest BCUT2D eigenvalue weighted by molar-refractivity contribution is 0.220. The fourth-order valence-electron chi connectivity index (χ4n) is 1.62. The smallest absolute Gasteiger partial charge is 0.104 e.